The molecule has 5 heterocycles. The van der Waals surface area contributed by atoms with Gasteiger partial charge < -0.3 is 10.6 Å². The van der Waals surface area contributed by atoms with Crippen LogP contribution in [0.3, 0.4) is 0 Å². The molecule has 0 amide bonds. The summed E-state index contributed by atoms with van der Waals surface area (Å²) in [5.74, 6) is 0.912. The lowest BCUT2D eigenvalue weighted by Gasteiger charge is -2.32. The summed E-state index contributed by atoms with van der Waals surface area (Å²) < 4.78 is 1.77. The number of pyridine rings is 2. The summed E-state index contributed by atoms with van der Waals surface area (Å²) >= 11 is 0. The molecule has 0 saturated carbocycles. The van der Waals surface area contributed by atoms with Gasteiger partial charge in [-0.1, -0.05) is 12.7 Å². The van der Waals surface area contributed by atoms with Crippen LogP contribution in [0, 0.1) is 0 Å². The van der Waals surface area contributed by atoms with Crippen molar-refractivity contribution in [3.63, 3.8) is 0 Å². The van der Waals surface area contributed by atoms with Crippen LogP contribution in [0.1, 0.15) is 18.4 Å². The van der Waals surface area contributed by atoms with Crippen LogP contribution in [-0.2, 0) is 7.05 Å². The van der Waals surface area contributed by atoms with Gasteiger partial charge in [-0.05, 0) is 31.0 Å². The van der Waals surface area contributed by atoms with Crippen LogP contribution >= 0.6 is 0 Å². The normalized spacial score (nSPS) is 16.9. The van der Waals surface area contributed by atoms with E-state index in [2.05, 4.69) is 37.8 Å². The molecule has 1 aliphatic rings. The quantitative estimate of drug-likeness (QED) is 0.546. The first-order valence-electron chi connectivity index (χ1n) is 10.1. The molecule has 3 N–H and O–H groups in total. The first kappa shape index (κ1) is 18.5. The van der Waals surface area contributed by atoms with E-state index in [1.807, 2.05) is 37.7 Å². The Morgan fingerprint density at radius 1 is 1.27 bits per heavy atom. The van der Waals surface area contributed by atoms with E-state index in [0.29, 0.717) is 0 Å². The van der Waals surface area contributed by atoms with Crippen LogP contribution in [0.4, 0.5) is 5.82 Å². The van der Waals surface area contributed by atoms with Gasteiger partial charge in [-0.25, -0.2) is 4.98 Å². The standard InChI is InChI=1S/C22H24N8/c1-3-14-6-7-18(26-22(14)30-8-4-5-16(23)13-30)21-17-9-19(15-10-25-29(2)12-15)24-11-20(17)27-28-21/h3,6-7,9-12,16H,1,4-5,8,13,23H2,2H3,(H,27,28)/t16-/m0/s1. The summed E-state index contributed by atoms with van der Waals surface area (Å²) in [6.07, 6.45) is 9.52. The maximum absolute atomic E-state index is 6.21. The number of H-pyrrole nitrogens is 1. The Balaban J connectivity index is 1.59. The molecule has 0 aliphatic carbocycles. The highest BCUT2D eigenvalue weighted by Crippen LogP contribution is 2.31. The van der Waals surface area contributed by atoms with Gasteiger partial charge in [-0.3, -0.25) is 14.8 Å². The number of nitrogens with two attached hydrogens (primary N) is 1. The van der Waals surface area contributed by atoms with Gasteiger partial charge in [0.2, 0.25) is 0 Å². The van der Waals surface area contributed by atoms with E-state index >= 15 is 0 Å². The van der Waals surface area contributed by atoms with E-state index in [0.717, 1.165) is 70.9 Å². The smallest absolute Gasteiger partial charge is 0.136 e. The van der Waals surface area contributed by atoms with E-state index in [9.17, 15) is 0 Å². The number of hydrogen-bond donors (Lipinski definition) is 2. The van der Waals surface area contributed by atoms with Crippen LogP contribution < -0.4 is 10.6 Å². The third kappa shape index (κ3) is 3.25. The molecule has 152 valence electrons. The number of fused-ring (bicyclic) bond motifs is 1. The van der Waals surface area contributed by atoms with Crippen molar-refractivity contribution >= 4 is 22.8 Å². The third-order valence-electron chi connectivity index (χ3n) is 5.57. The Hall–Kier alpha value is -3.52. The second-order valence-corrected chi connectivity index (χ2v) is 7.75. The molecule has 1 aliphatic heterocycles. The van der Waals surface area contributed by atoms with Gasteiger partial charge in [0.25, 0.3) is 0 Å². The number of anilines is 1. The fourth-order valence-corrected chi connectivity index (χ4v) is 4.03. The third-order valence-corrected chi connectivity index (χ3v) is 5.57. The van der Waals surface area contributed by atoms with E-state index in [1.165, 1.54) is 0 Å². The molecule has 0 unspecified atom stereocenters. The Morgan fingerprint density at radius 3 is 2.93 bits per heavy atom. The second kappa shape index (κ2) is 7.38. The maximum Gasteiger partial charge on any atom is 0.136 e. The first-order chi connectivity index (χ1) is 14.6. The number of aromatic nitrogens is 6. The van der Waals surface area contributed by atoms with Gasteiger partial charge in [0.05, 0.1) is 29.3 Å². The fourth-order valence-electron chi connectivity index (χ4n) is 4.03. The van der Waals surface area contributed by atoms with Crippen molar-refractivity contribution in [2.75, 3.05) is 18.0 Å². The average molecular weight is 400 g/mol. The summed E-state index contributed by atoms with van der Waals surface area (Å²) in [6.45, 7) is 5.70. The largest absolute Gasteiger partial charge is 0.355 e. The molecule has 0 aromatic carbocycles. The molecule has 8 nitrogen and oxygen atoms in total. The summed E-state index contributed by atoms with van der Waals surface area (Å²) in [5.41, 5.74) is 11.5. The van der Waals surface area contributed by atoms with Crippen LogP contribution in [0.2, 0.25) is 0 Å². The topological polar surface area (TPSA) is 102 Å². The van der Waals surface area contributed by atoms with Crippen molar-refractivity contribution in [2.45, 2.75) is 18.9 Å². The number of nitrogens with one attached hydrogen (secondary N) is 1. The van der Waals surface area contributed by atoms with Crippen molar-refractivity contribution in [1.82, 2.24) is 29.9 Å². The molecule has 1 fully saturated rings. The molecule has 8 heteroatoms. The van der Waals surface area contributed by atoms with Gasteiger partial charge >= 0.3 is 0 Å². The van der Waals surface area contributed by atoms with Gasteiger partial charge in [0.15, 0.2) is 0 Å². The number of rotatable bonds is 4. The van der Waals surface area contributed by atoms with Gasteiger partial charge in [0, 0.05) is 48.9 Å². The number of aryl methyl sites for hydroxylation is 1. The minimum atomic E-state index is 0.168. The van der Waals surface area contributed by atoms with Gasteiger partial charge in [-0.2, -0.15) is 10.2 Å². The van der Waals surface area contributed by atoms with Gasteiger partial charge in [0.1, 0.15) is 11.5 Å². The minimum Gasteiger partial charge on any atom is -0.355 e. The summed E-state index contributed by atoms with van der Waals surface area (Å²) in [4.78, 5) is 11.8. The molecule has 0 radical (unpaired) electrons. The molecule has 0 spiro atoms. The Bertz CT molecular complexity index is 1220. The lowest BCUT2D eigenvalue weighted by molar-refractivity contribution is 0.503. The monoisotopic (exact) mass is 400 g/mol. The van der Waals surface area contributed by atoms with Crippen LogP contribution in [-0.4, -0.2) is 49.1 Å². The van der Waals surface area contributed by atoms with Crippen molar-refractivity contribution in [1.29, 1.82) is 0 Å². The number of piperidine rings is 1. The molecule has 1 atom stereocenters. The van der Waals surface area contributed by atoms with Crippen LogP contribution in [0.15, 0.2) is 43.4 Å². The minimum absolute atomic E-state index is 0.168. The predicted molar refractivity (Wildman–Crippen MR) is 119 cm³/mol. The van der Waals surface area contributed by atoms with Crippen molar-refractivity contribution in [3.05, 3.63) is 48.9 Å². The van der Waals surface area contributed by atoms with E-state index in [-0.39, 0.29) is 6.04 Å². The number of aromatic amines is 1. The van der Waals surface area contributed by atoms with Crippen molar-refractivity contribution in [3.8, 4) is 22.6 Å². The SMILES string of the molecule is C=Cc1ccc(-c2n[nH]c3cnc(-c4cnn(C)c4)cc23)nc1N1CCC[C@H](N)C1. The molecule has 5 rings (SSSR count). The Kier molecular flexibility index (Phi) is 4.55. The fraction of sp³-hybridized carbons (Fsp3) is 0.273. The zero-order valence-corrected chi connectivity index (χ0v) is 16.9. The molecule has 1 saturated heterocycles. The summed E-state index contributed by atoms with van der Waals surface area (Å²) in [5, 5.41) is 12.8. The maximum atomic E-state index is 6.21. The lowest BCUT2D eigenvalue weighted by atomic mass is 10.1. The zero-order valence-electron chi connectivity index (χ0n) is 16.9. The van der Waals surface area contributed by atoms with Crippen LogP contribution in [0.5, 0.6) is 0 Å². The Labute approximate surface area is 174 Å². The molecular formula is C22H24N8. The number of hydrogen-bond acceptors (Lipinski definition) is 6. The molecule has 30 heavy (non-hydrogen) atoms. The Morgan fingerprint density at radius 2 is 2.17 bits per heavy atom. The molecule has 4 aromatic heterocycles. The van der Waals surface area contributed by atoms with E-state index < -0.39 is 0 Å². The second-order valence-electron chi connectivity index (χ2n) is 7.75. The molecular weight excluding hydrogens is 376 g/mol. The number of nitrogens with zero attached hydrogens (tertiary/aromatic N) is 6. The first-order valence-corrected chi connectivity index (χ1v) is 10.1. The highest BCUT2D eigenvalue weighted by atomic mass is 15.2. The lowest BCUT2D eigenvalue weighted by Crippen LogP contribution is -2.43. The van der Waals surface area contributed by atoms with E-state index in [1.54, 1.807) is 10.9 Å². The zero-order chi connectivity index (χ0) is 20.7. The summed E-state index contributed by atoms with van der Waals surface area (Å²) in [6, 6.07) is 6.24. The van der Waals surface area contributed by atoms with E-state index in [4.69, 9.17) is 10.7 Å². The van der Waals surface area contributed by atoms with Crippen LogP contribution in [0.25, 0.3) is 39.6 Å². The van der Waals surface area contributed by atoms with Gasteiger partial charge in [-0.15, -0.1) is 0 Å². The highest BCUT2D eigenvalue weighted by molar-refractivity contribution is 5.94. The highest BCUT2D eigenvalue weighted by Gasteiger charge is 2.21. The predicted octanol–water partition coefficient (Wildman–Crippen LogP) is 2.99. The molecule has 0 bridgehead atoms. The average Bonchev–Trinajstić information content (AvgIpc) is 3.39. The molecule has 4 aromatic rings. The van der Waals surface area contributed by atoms with Crippen molar-refractivity contribution in [2.24, 2.45) is 12.8 Å². The summed E-state index contributed by atoms with van der Waals surface area (Å²) in [7, 11) is 1.89. The van der Waals surface area contributed by atoms with Crippen molar-refractivity contribution < 1.29 is 0 Å².